The number of hydrogen-bond acceptors (Lipinski definition) is 3. The average Bonchev–Trinajstić information content (AvgIpc) is 2.31. The van der Waals surface area contributed by atoms with Gasteiger partial charge in [-0.2, -0.15) is 0 Å². The van der Waals surface area contributed by atoms with Gasteiger partial charge in [0.05, 0.1) is 11.9 Å². The number of halogens is 2. The fraction of sp³-hybridized carbons (Fsp3) is 0. The summed E-state index contributed by atoms with van der Waals surface area (Å²) in [6.07, 6.45) is 0.346. The van der Waals surface area contributed by atoms with Crippen LogP contribution in [0.4, 0.5) is 19.3 Å². The molecule has 1 rings (SSSR count). The van der Waals surface area contributed by atoms with Crippen LogP contribution < -0.4 is 16.4 Å². The van der Waals surface area contributed by atoms with Crippen molar-refractivity contribution in [1.82, 2.24) is 5.32 Å². The first-order valence-corrected chi connectivity index (χ1v) is 4.53. The molecule has 0 fully saturated rings. The van der Waals surface area contributed by atoms with E-state index in [-0.39, 0.29) is 5.69 Å². The molecule has 5 N–H and O–H groups in total. The van der Waals surface area contributed by atoms with Gasteiger partial charge in [0, 0.05) is 0 Å². The van der Waals surface area contributed by atoms with Crippen molar-refractivity contribution in [3.05, 3.63) is 41.7 Å². The second-order valence-electron chi connectivity index (χ2n) is 2.96. The molecule has 1 aromatic rings. The number of nitrogens with two attached hydrogens (primary N) is 1. The molecule has 0 aliphatic rings. The lowest BCUT2D eigenvalue weighted by Crippen LogP contribution is -2.32. The van der Waals surface area contributed by atoms with Crippen LogP contribution in [0.3, 0.4) is 0 Å². The number of carbonyl (C=O) groups is 1. The molecule has 0 aliphatic carbocycles. The highest BCUT2D eigenvalue weighted by molar-refractivity contribution is 5.91. The molecule has 90 valence electrons. The van der Waals surface area contributed by atoms with Gasteiger partial charge in [0.2, 0.25) is 0 Å². The summed E-state index contributed by atoms with van der Waals surface area (Å²) in [5.41, 5.74) is 5.05. The van der Waals surface area contributed by atoms with Gasteiger partial charge in [0.1, 0.15) is 11.6 Å². The summed E-state index contributed by atoms with van der Waals surface area (Å²) in [7, 11) is 0. The quantitative estimate of drug-likeness (QED) is 0.605. The number of amides is 2. The van der Waals surface area contributed by atoms with Crippen molar-refractivity contribution in [3.8, 4) is 0 Å². The molecule has 0 spiro atoms. The van der Waals surface area contributed by atoms with E-state index >= 15 is 0 Å². The van der Waals surface area contributed by atoms with Gasteiger partial charge in [-0.05, 0) is 12.1 Å². The first-order valence-electron chi connectivity index (χ1n) is 4.53. The zero-order valence-corrected chi connectivity index (χ0v) is 8.63. The van der Waals surface area contributed by atoms with Gasteiger partial charge in [-0.1, -0.05) is 12.1 Å². The van der Waals surface area contributed by atoms with Crippen LogP contribution in [0.25, 0.3) is 0 Å². The Balaban J connectivity index is 2.69. The van der Waals surface area contributed by atoms with Crippen LogP contribution in [0.2, 0.25) is 0 Å². The van der Waals surface area contributed by atoms with E-state index in [1.54, 1.807) is 0 Å². The summed E-state index contributed by atoms with van der Waals surface area (Å²) >= 11 is 0. The standard InChI is InChI=1S/C10H10F2N4O/c11-6-3-1-2-4-8(6)15-10(17)16-9(14)7(12)5-13/h1-5,13H,14H2,(H2,15,16,17)/b9-7-,13-5?. The lowest BCUT2D eigenvalue weighted by Gasteiger charge is -2.08. The van der Waals surface area contributed by atoms with Crippen LogP contribution in [-0.4, -0.2) is 12.2 Å². The van der Waals surface area contributed by atoms with E-state index in [2.05, 4.69) is 5.32 Å². The van der Waals surface area contributed by atoms with Gasteiger partial charge in [-0.15, -0.1) is 0 Å². The van der Waals surface area contributed by atoms with Gasteiger partial charge in [0.15, 0.2) is 5.83 Å². The Morgan fingerprint density at radius 1 is 1.41 bits per heavy atom. The van der Waals surface area contributed by atoms with Crippen molar-refractivity contribution in [2.75, 3.05) is 5.32 Å². The second-order valence-corrected chi connectivity index (χ2v) is 2.96. The Morgan fingerprint density at radius 3 is 2.65 bits per heavy atom. The van der Waals surface area contributed by atoms with E-state index in [0.717, 1.165) is 6.07 Å². The SMILES string of the molecule is N=C/C(F)=C(\N)NC(=O)Nc1ccccc1F. The third kappa shape index (κ3) is 3.56. The van der Waals surface area contributed by atoms with Crippen LogP contribution in [0, 0.1) is 11.2 Å². The van der Waals surface area contributed by atoms with E-state index in [1.807, 2.05) is 5.32 Å². The molecule has 0 radical (unpaired) electrons. The third-order valence-electron chi connectivity index (χ3n) is 1.75. The van der Waals surface area contributed by atoms with Crippen molar-refractivity contribution in [1.29, 1.82) is 5.41 Å². The van der Waals surface area contributed by atoms with Crippen molar-refractivity contribution in [3.63, 3.8) is 0 Å². The molecule has 0 saturated carbocycles. The highest BCUT2D eigenvalue weighted by Gasteiger charge is 2.08. The number of allylic oxidation sites excluding steroid dienone is 1. The van der Waals surface area contributed by atoms with Crippen molar-refractivity contribution in [2.45, 2.75) is 0 Å². The summed E-state index contributed by atoms with van der Waals surface area (Å²) in [5, 5.41) is 10.6. The Morgan fingerprint density at radius 2 is 2.06 bits per heavy atom. The Bertz CT molecular complexity index is 473. The summed E-state index contributed by atoms with van der Waals surface area (Å²) in [6, 6.07) is 4.58. The number of para-hydroxylation sites is 1. The van der Waals surface area contributed by atoms with Gasteiger partial charge < -0.3 is 16.5 Å². The van der Waals surface area contributed by atoms with Crippen LogP contribution in [0.15, 0.2) is 35.9 Å². The predicted molar refractivity (Wildman–Crippen MR) is 59.7 cm³/mol. The van der Waals surface area contributed by atoms with Gasteiger partial charge >= 0.3 is 6.03 Å². The summed E-state index contributed by atoms with van der Waals surface area (Å²) in [5.74, 6) is -2.33. The molecule has 0 aliphatic heterocycles. The zero-order valence-electron chi connectivity index (χ0n) is 8.63. The smallest absolute Gasteiger partial charge is 0.324 e. The molecule has 17 heavy (non-hydrogen) atoms. The van der Waals surface area contributed by atoms with E-state index in [4.69, 9.17) is 11.1 Å². The molecule has 2 amide bonds. The average molecular weight is 240 g/mol. The number of nitrogens with one attached hydrogen (secondary N) is 3. The van der Waals surface area contributed by atoms with Gasteiger partial charge in [0.25, 0.3) is 0 Å². The number of carbonyl (C=O) groups excluding carboxylic acids is 1. The second kappa shape index (κ2) is 5.59. The highest BCUT2D eigenvalue weighted by Crippen LogP contribution is 2.11. The van der Waals surface area contributed by atoms with Crippen LogP contribution in [0.1, 0.15) is 0 Å². The van der Waals surface area contributed by atoms with E-state index in [0.29, 0.717) is 6.21 Å². The fourth-order valence-electron chi connectivity index (χ4n) is 0.976. The number of rotatable bonds is 3. The maximum Gasteiger partial charge on any atom is 0.324 e. The minimum atomic E-state index is -1.09. The largest absolute Gasteiger partial charge is 0.383 e. The summed E-state index contributed by atoms with van der Waals surface area (Å²) in [6.45, 7) is 0. The predicted octanol–water partition coefficient (Wildman–Crippen LogP) is 1.69. The molecule has 0 aromatic heterocycles. The summed E-state index contributed by atoms with van der Waals surface area (Å²) in [4.78, 5) is 11.3. The van der Waals surface area contributed by atoms with Crippen molar-refractivity contribution >= 4 is 17.9 Å². The van der Waals surface area contributed by atoms with Crippen LogP contribution >= 0.6 is 0 Å². The Hall–Kier alpha value is -2.44. The van der Waals surface area contributed by atoms with Crippen molar-refractivity contribution in [2.24, 2.45) is 5.73 Å². The van der Waals surface area contributed by atoms with E-state index in [9.17, 15) is 13.6 Å². The molecule has 0 atom stereocenters. The lowest BCUT2D eigenvalue weighted by molar-refractivity contribution is 0.254. The van der Waals surface area contributed by atoms with E-state index < -0.39 is 23.5 Å². The minimum absolute atomic E-state index is 0.0620. The highest BCUT2D eigenvalue weighted by atomic mass is 19.1. The molecular formula is C10H10F2N4O. The molecule has 5 nitrogen and oxygen atoms in total. The molecule has 7 heteroatoms. The lowest BCUT2D eigenvalue weighted by atomic mass is 10.3. The minimum Gasteiger partial charge on any atom is -0.383 e. The molecule has 0 heterocycles. The zero-order chi connectivity index (χ0) is 12.8. The van der Waals surface area contributed by atoms with Crippen LogP contribution in [-0.2, 0) is 0 Å². The fourth-order valence-corrected chi connectivity index (χ4v) is 0.976. The molecule has 1 aromatic carbocycles. The van der Waals surface area contributed by atoms with E-state index in [1.165, 1.54) is 18.2 Å². The van der Waals surface area contributed by atoms with Gasteiger partial charge in [-0.25, -0.2) is 13.6 Å². The number of benzene rings is 1. The first-order chi connectivity index (χ1) is 8.04. The molecule has 0 saturated heterocycles. The maximum absolute atomic E-state index is 13.1. The first kappa shape index (κ1) is 12.6. The number of hydrogen-bond donors (Lipinski definition) is 4. The van der Waals surface area contributed by atoms with Crippen molar-refractivity contribution < 1.29 is 13.6 Å². The third-order valence-corrected chi connectivity index (χ3v) is 1.75. The number of anilines is 1. The normalized spacial score (nSPS) is 11.4. The number of urea groups is 1. The maximum atomic E-state index is 13.1. The monoisotopic (exact) mass is 240 g/mol. The van der Waals surface area contributed by atoms with Gasteiger partial charge in [-0.3, -0.25) is 5.32 Å². The molecule has 0 unspecified atom stereocenters. The summed E-state index contributed by atoms with van der Waals surface area (Å²) < 4.78 is 25.8. The molecule has 0 bridgehead atoms. The Labute approximate surface area is 95.8 Å². The topological polar surface area (TPSA) is 91.0 Å². The Kier molecular flexibility index (Phi) is 4.15. The van der Waals surface area contributed by atoms with Crippen LogP contribution in [0.5, 0.6) is 0 Å². The molecular weight excluding hydrogens is 230 g/mol.